The maximum absolute atomic E-state index is 6.19. The van der Waals surface area contributed by atoms with Gasteiger partial charge in [0, 0.05) is 21.2 Å². The first-order valence-corrected chi connectivity index (χ1v) is 5.93. The summed E-state index contributed by atoms with van der Waals surface area (Å²) in [6, 6.07) is 10.7. The second kappa shape index (κ2) is 3.91. The van der Waals surface area contributed by atoms with E-state index < -0.39 is 0 Å². The normalized spacial score (nSPS) is 13.8. The number of hydrogen-bond donors (Lipinski definition) is 1. The molecule has 2 aromatic carbocycles. The molecule has 0 atom stereocenters. The van der Waals surface area contributed by atoms with Gasteiger partial charge in [-0.2, -0.15) is 0 Å². The van der Waals surface area contributed by atoms with E-state index in [2.05, 4.69) is 0 Å². The highest BCUT2D eigenvalue weighted by Crippen LogP contribution is 2.43. The number of halogens is 2. The van der Waals surface area contributed by atoms with Crippen LogP contribution in [-0.4, -0.2) is 0 Å². The summed E-state index contributed by atoms with van der Waals surface area (Å²) in [5, 5.41) is 1.25. The third-order valence-corrected chi connectivity index (χ3v) is 3.31. The number of nitrogens with two attached hydrogens (primary N) is 1. The van der Waals surface area contributed by atoms with E-state index in [1.807, 2.05) is 24.3 Å². The van der Waals surface area contributed by atoms with E-state index in [1.54, 1.807) is 12.1 Å². The molecule has 0 aliphatic carbocycles. The zero-order valence-electron chi connectivity index (χ0n) is 8.78. The van der Waals surface area contributed by atoms with Crippen molar-refractivity contribution >= 4 is 23.2 Å². The molecule has 17 heavy (non-hydrogen) atoms. The zero-order chi connectivity index (χ0) is 12.0. The van der Waals surface area contributed by atoms with Crippen LogP contribution in [0.25, 0.3) is 0 Å². The molecule has 0 radical (unpaired) electrons. The van der Waals surface area contributed by atoms with Crippen molar-refractivity contribution in [1.29, 1.82) is 0 Å². The van der Waals surface area contributed by atoms with Crippen LogP contribution in [0.4, 0.5) is 0 Å². The van der Waals surface area contributed by atoms with E-state index in [4.69, 9.17) is 33.7 Å². The fourth-order valence-electron chi connectivity index (χ4n) is 1.99. The molecule has 0 saturated carbocycles. The molecule has 1 aliphatic rings. The minimum Gasteiger partial charge on any atom is -0.457 e. The Morgan fingerprint density at radius 3 is 1.82 bits per heavy atom. The fraction of sp³-hybridized carbons (Fsp3) is 0.0769. The number of rotatable bonds is 0. The van der Waals surface area contributed by atoms with Gasteiger partial charge >= 0.3 is 0 Å². The maximum Gasteiger partial charge on any atom is 0.134 e. The van der Waals surface area contributed by atoms with E-state index in [9.17, 15) is 0 Å². The summed E-state index contributed by atoms with van der Waals surface area (Å²) in [6.07, 6.45) is 0. The third kappa shape index (κ3) is 1.78. The molecule has 0 unspecified atom stereocenters. The molecule has 1 aliphatic heterocycles. The highest BCUT2D eigenvalue weighted by molar-refractivity contribution is 6.31. The topological polar surface area (TPSA) is 35.2 Å². The van der Waals surface area contributed by atoms with Crippen molar-refractivity contribution in [1.82, 2.24) is 0 Å². The van der Waals surface area contributed by atoms with Crippen LogP contribution in [0.1, 0.15) is 17.2 Å². The molecule has 86 valence electrons. The van der Waals surface area contributed by atoms with Gasteiger partial charge in [-0.25, -0.2) is 0 Å². The average Bonchev–Trinajstić information content (AvgIpc) is 2.28. The Morgan fingerprint density at radius 2 is 1.35 bits per heavy atom. The highest BCUT2D eigenvalue weighted by Gasteiger charge is 2.24. The quantitative estimate of drug-likeness (QED) is 0.777. The van der Waals surface area contributed by atoms with Crippen LogP contribution in [-0.2, 0) is 0 Å². The van der Waals surface area contributed by atoms with E-state index in [0.717, 1.165) is 11.1 Å². The molecule has 0 saturated heterocycles. The molecule has 0 amide bonds. The first-order valence-electron chi connectivity index (χ1n) is 5.17. The summed E-state index contributed by atoms with van der Waals surface area (Å²) in [5.41, 5.74) is 8.06. The standard InChI is InChI=1S/C13H9Cl2NO/c14-7-1-3-9-11(5-7)17-12-6-8(15)2-4-10(12)13(9)16/h1-6,13H,16H2. The molecule has 1 heterocycles. The molecular weight excluding hydrogens is 257 g/mol. The van der Waals surface area contributed by atoms with Gasteiger partial charge in [0.15, 0.2) is 0 Å². The second-order valence-corrected chi connectivity index (χ2v) is 4.82. The van der Waals surface area contributed by atoms with Gasteiger partial charge in [0.1, 0.15) is 11.5 Å². The van der Waals surface area contributed by atoms with Crippen molar-refractivity contribution in [2.75, 3.05) is 0 Å². The molecular formula is C13H9Cl2NO. The van der Waals surface area contributed by atoms with Crippen molar-refractivity contribution < 1.29 is 4.74 Å². The number of ether oxygens (including phenoxy) is 1. The van der Waals surface area contributed by atoms with E-state index in [0.29, 0.717) is 21.5 Å². The molecule has 2 aromatic rings. The molecule has 2 nitrogen and oxygen atoms in total. The summed E-state index contributed by atoms with van der Waals surface area (Å²) < 4.78 is 5.76. The summed E-state index contributed by atoms with van der Waals surface area (Å²) in [5.74, 6) is 1.39. The first-order chi connectivity index (χ1) is 8.15. The summed E-state index contributed by atoms with van der Waals surface area (Å²) in [6.45, 7) is 0. The van der Waals surface area contributed by atoms with Crippen molar-refractivity contribution in [2.24, 2.45) is 5.73 Å². The maximum atomic E-state index is 6.19. The summed E-state index contributed by atoms with van der Waals surface area (Å²) >= 11 is 11.9. The van der Waals surface area contributed by atoms with Gasteiger partial charge in [-0.3, -0.25) is 0 Å². The lowest BCUT2D eigenvalue weighted by atomic mass is 9.95. The molecule has 0 bridgehead atoms. The molecule has 0 spiro atoms. The van der Waals surface area contributed by atoms with Crippen LogP contribution in [0.5, 0.6) is 11.5 Å². The minimum absolute atomic E-state index is 0.205. The third-order valence-electron chi connectivity index (χ3n) is 2.84. The largest absolute Gasteiger partial charge is 0.457 e. The van der Waals surface area contributed by atoms with Gasteiger partial charge in [-0.1, -0.05) is 35.3 Å². The molecule has 0 fully saturated rings. The lowest BCUT2D eigenvalue weighted by Crippen LogP contribution is -2.17. The Kier molecular flexibility index (Phi) is 2.51. The smallest absolute Gasteiger partial charge is 0.134 e. The Hall–Kier alpha value is -1.22. The molecule has 4 heteroatoms. The Labute approximate surface area is 109 Å². The predicted octanol–water partition coefficient (Wildman–Crippen LogP) is 4.15. The predicted molar refractivity (Wildman–Crippen MR) is 69.0 cm³/mol. The van der Waals surface area contributed by atoms with Crippen molar-refractivity contribution in [3.63, 3.8) is 0 Å². The number of fused-ring (bicyclic) bond motifs is 2. The molecule has 3 rings (SSSR count). The Bertz CT molecular complexity index is 546. The zero-order valence-corrected chi connectivity index (χ0v) is 10.3. The molecule has 2 N–H and O–H groups in total. The second-order valence-electron chi connectivity index (χ2n) is 3.94. The average molecular weight is 266 g/mol. The summed E-state index contributed by atoms with van der Waals surface area (Å²) in [7, 11) is 0. The van der Waals surface area contributed by atoms with Gasteiger partial charge in [0.2, 0.25) is 0 Å². The lowest BCUT2D eigenvalue weighted by Gasteiger charge is -2.25. The van der Waals surface area contributed by atoms with E-state index in [-0.39, 0.29) is 6.04 Å². The van der Waals surface area contributed by atoms with E-state index in [1.165, 1.54) is 0 Å². The van der Waals surface area contributed by atoms with Crippen molar-refractivity contribution in [2.45, 2.75) is 6.04 Å². The summed E-state index contributed by atoms with van der Waals surface area (Å²) in [4.78, 5) is 0. The van der Waals surface area contributed by atoms with Crippen LogP contribution in [0.3, 0.4) is 0 Å². The van der Waals surface area contributed by atoms with Crippen LogP contribution < -0.4 is 10.5 Å². The van der Waals surface area contributed by atoms with Gasteiger partial charge in [0.05, 0.1) is 6.04 Å². The van der Waals surface area contributed by atoms with Gasteiger partial charge in [0.25, 0.3) is 0 Å². The van der Waals surface area contributed by atoms with E-state index >= 15 is 0 Å². The number of benzene rings is 2. The van der Waals surface area contributed by atoms with Gasteiger partial charge < -0.3 is 10.5 Å². The monoisotopic (exact) mass is 265 g/mol. The first kappa shape index (κ1) is 10.9. The van der Waals surface area contributed by atoms with Crippen LogP contribution in [0, 0.1) is 0 Å². The molecule has 0 aromatic heterocycles. The SMILES string of the molecule is NC1c2ccc(Cl)cc2Oc2cc(Cl)ccc21. The van der Waals surface area contributed by atoms with Gasteiger partial charge in [-0.15, -0.1) is 0 Å². The van der Waals surface area contributed by atoms with Crippen LogP contribution in [0.15, 0.2) is 36.4 Å². The number of hydrogen-bond acceptors (Lipinski definition) is 2. The minimum atomic E-state index is -0.205. The highest BCUT2D eigenvalue weighted by atomic mass is 35.5. The van der Waals surface area contributed by atoms with Crippen LogP contribution >= 0.6 is 23.2 Å². The fourth-order valence-corrected chi connectivity index (χ4v) is 2.32. The van der Waals surface area contributed by atoms with Gasteiger partial charge in [-0.05, 0) is 24.3 Å². The Morgan fingerprint density at radius 1 is 0.882 bits per heavy atom. The van der Waals surface area contributed by atoms with Crippen molar-refractivity contribution in [3.05, 3.63) is 57.6 Å². The van der Waals surface area contributed by atoms with Crippen LogP contribution in [0.2, 0.25) is 10.0 Å². The lowest BCUT2D eigenvalue weighted by molar-refractivity contribution is 0.447. The Balaban J connectivity index is 2.17. The van der Waals surface area contributed by atoms with Crippen molar-refractivity contribution in [3.8, 4) is 11.5 Å².